The van der Waals surface area contributed by atoms with Gasteiger partial charge in [-0.25, -0.2) is 0 Å². The fraction of sp³-hybridized carbons (Fsp3) is 0.118. The molecule has 0 saturated heterocycles. The summed E-state index contributed by atoms with van der Waals surface area (Å²) in [5.41, 5.74) is 11.6. The molecule has 0 aliphatic heterocycles. The molecule has 0 amide bonds. The minimum Gasteiger partial charge on any atom is -0.0622 e. The quantitative estimate of drug-likeness (QED) is 0.259. The molecular weight excluding hydrogens is 408 g/mol. The van der Waals surface area contributed by atoms with Crippen LogP contribution in [-0.2, 0) is 5.41 Å². The Morgan fingerprint density at radius 2 is 0.971 bits per heavy atom. The van der Waals surface area contributed by atoms with E-state index in [1.165, 1.54) is 50.1 Å². The van der Waals surface area contributed by atoms with Crippen molar-refractivity contribution in [3.05, 3.63) is 155 Å². The molecule has 0 heterocycles. The van der Waals surface area contributed by atoms with Crippen LogP contribution in [0.5, 0.6) is 0 Å². The Hall–Kier alpha value is -3.90. The van der Waals surface area contributed by atoms with E-state index in [0.29, 0.717) is 5.92 Å². The van der Waals surface area contributed by atoms with Gasteiger partial charge in [0.15, 0.2) is 0 Å². The van der Waals surface area contributed by atoms with E-state index in [0.717, 1.165) is 0 Å². The Kier molecular flexibility index (Phi) is 4.96. The smallest absolute Gasteiger partial charge is 0.0622 e. The van der Waals surface area contributed by atoms with Gasteiger partial charge in [0, 0.05) is 0 Å². The zero-order valence-electron chi connectivity index (χ0n) is 19.7. The van der Waals surface area contributed by atoms with Gasteiger partial charge in [-0.3, -0.25) is 0 Å². The highest BCUT2D eigenvalue weighted by molar-refractivity contribution is 5.88. The van der Waals surface area contributed by atoms with E-state index in [2.05, 4.69) is 141 Å². The highest BCUT2D eigenvalue weighted by atomic mass is 14.5. The van der Waals surface area contributed by atoms with Crippen LogP contribution in [0.4, 0.5) is 0 Å². The Labute approximate surface area is 202 Å². The molecule has 6 rings (SSSR count). The average molecular weight is 437 g/mol. The lowest BCUT2D eigenvalue weighted by Gasteiger charge is -2.34. The zero-order valence-corrected chi connectivity index (χ0v) is 19.7. The third-order valence-electron chi connectivity index (χ3n) is 7.35. The lowest BCUT2D eigenvalue weighted by atomic mass is 9.67. The van der Waals surface area contributed by atoms with Gasteiger partial charge in [0.25, 0.3) is 0 Å². The van der Waals surface area contributed by atoms with Crippen LogP contribution in [0.1, 0.15) is 47.6 Å². The second-order valence-electron chi connectivity index (χ2n) is 9.57. The zero-order chi connectivity index (χ0) is 23.1. The molecule has 0 N–H and O–H groups in total. The first-order valence-corrected chi connectivity index (χ1v) is 12.2. The maximum atomic E-state index is 2.46. The molecule has 0 spiro atoms. The lowest BCUT2D eigenvalue weighted by Crippen LogP contribution is -2.28. The number of hydrogen-bond donors (Lipinski definition) is 0. The lowest BCUT2D eigenvalue weighted by molar-refractivity contribution is 0.762. The molecule has 0 bridgehead atoms. The molecule has 0 nitrogen and oxygen atoms in total. The maximum absolute atomic E-state index is 2.46. The van der Waals surface area contributed by atoms with E-state index in [1.807, 2.05) is 0 Å². The molecule has 1 aliphatic carbocycles. The first-order chi connectivity index (χ1) is 16.7. The molecule has 34 heavy (non-hydrogen) atoms. The highest BCUT2D eigenvalue weighted by Gasteiger charge is 2.46. The Morgan fingerprint density at radius 1 is 0.471 bits per heavy atom. The molecule has 0 saturated carbocycles. The molecule has 0 radical (unpaired) electrons. The van der Waals surface area contributed by atoms with Gasteiger partial charge in [-0.1, -0.05) is 135 Å². The number of rotatable bonds is 4. The number of hydrogen-bond acceptors (Lipinski definition) is 0. The van der Waals surface area contributed by atoms with Crippen molar-refractivity contribution >= 4 is 0 Å². The molecule has 1 aliphatic rings. The van der Waals surface area contributed by atoms with Crippen LogP contribution in [0.3, 0.4) is 0 Å². The van der Waals surface area contributed by atoms with Crippen LogP contribution in [0.25, 0.3) is 22.3 Å². The van der Waals surface area contributed by atoms with Crippen LogP contribution in [-0.4, -0.2) is 0 Å². The van der Waals surface area contributed by atoms with E-state index in [-0.39, 0.29) is 5.41 Å². The fourth-order valence-corrected chi connectivity index (χ4v) is 5.68. The van der Waals surface area contributed by atoms with Crippen molar-refractivity contribution < 1.29 is 0 Å². The third kappa shape index (κ3) is 3.06. The largest absolute Gasteiger partial charge is 0.0713 e. The van der Waals surface area contributed by atoms with Crippen LogP contribution in [0, 0.1) is 0 Å². The molecule has 0 atom stereocenters. The van der Waals surface area contributed by atoms with E-state index in [1.54, 1.807) is 0 Å². The standard InChI is InChI=1S/C34H28/c1-24(2)26-18-20-30-31-21-19-27(25-12-6-3-7-13-25)23-33(31)34(32(30)22-26,28-14-8-4-9-15-28)29-16-10-5-11-17-29/h3-24H,1-2H3. The van der Waals surface area contributed by atoms with Gasteiger partial charge in [-0.2, -0.15) is 0 Å². The van der Waals surface area contributed by atoms with Crippen molar-refractivity contribution in [1.29, 1.82) is 0 Å². The van der Waals surface area contributed by atoms with Crippen molar-refractivity contribution in [2.24, 2.45) is 0 Å². The van der Waals surface area contributed by atoms with E-state index >= 15 is 0 Å². The summed E-state index contributed by atoms with van der Waals surface area (Å²) in [7, 11) is 0. The summed E-state index contributed by atoms with van der Waals surface area (Å²) < 4.78 is 0. The normalized spacial score (nSPS) is 13.5. The fourth-order valence-electron chi connectivity index (χ4n) is 5.68. The molecule has 164 valence electrons. The summed E-state index contributed by atoms with van der Waals surface area (Å²) in [6.45, 7) is 4.56. The summed E-state index contributed by atoms with van der Waals surface area (Å²) in [4.78, 5) is 0. The number of fused-ring (bicyclic) bond motifs is 3. The number of benzene rings is 5. The molecule has 5 aromatic rings. The van der Waals surface area contributed by atoms with Crippen LogP contribution < -0.4 is 0 Å². The van der Waals surface area contributed by atoms with Gasteiger partial charge < -0.3 is 0 Å². The average Bonchev–Trinajstić information content (AvgIpc) is 3.20. The Morgan fingerprint density at radius 3 is 1.53 bits per heavy atom. The van der Waals surface area contributed by atoms with Crippen molar-refractivity contribution in [3.8, 4) is 22.3 Å². The summed E-state index contributed by atoms with van der Waals surface area (Å²) in [5, 5.41) is 0. The van der Waals surface area contributed by atoms with Gasteiger partial charge in [-0.05, 0) is 62.1 Å². The monoisotopic (exact) mass is 436 g/mol. The van der Waals surface area contributed by atoms with Gasteiger partial charge in [-0.15, -0.1) is 0 Å². The van der Waals surface area contributed by atoms with Crippen molar-refractivity contribution in [1.82, 2.24) is 0 Å². The first kappa shape index (κ1) is 20.7. The van der Waals surface area contributed by atoms with E-state index < -0.39 is 0 Å². The van der Waals surface area contributed by atoms with Crippen LogP contribution in [0.15, 0.2) is 127 Å². The van der Waals surface area contributed by atoms with E-state index in [4.69, 9.17) is 0 Å². The Balaban J connectivity index is 1.75. The summed E-state index contributed by atoms with van der Waals surface area (Å²) in [6.07, 6.45) is 0. The predicted molar refractivity (Wildman–Crippen MR) is 143 cm³/mol. The Bertz CT molecular complexity index is 1410. The molecule has 0 fully saturated rings. The predicted octanol–water partition coefficient (Wildman–Crippen LogP) is 8.84. The molecular formula is C34H28. The minimum absolute atomic E-state index is 0.358. The molecule has 0 unspecified atom stereocenters. The summed E-state index contributed by atoms with van der Waals surface area (Å²) in [5.74, 6) is 0.470. The third-order valence-corrected chi connectivity index (χ3v) is 7.35. The minimum atomic E-state index is -0.358. The second-order valence-corrected chi connectivity index (χ2v) is 9.57. The van der Waals surface area contributed by atoms with E-state index in [9.17, 15) is 0 Å². The first-order valence-electron chi connectivity index (χ1n) is 12.2. The van der Waals surface area contributed by atoms with Gasteiger partial charge in [0.05, 0.1) is 5.41 Å². The summed E-state index contributed by atoms with van der Waals surface area (Å²) >= 11 is 0. The second kappa shape index (κ2) is 8.15. The van der Waals surface area contributed by atoms with Crippen molar-refractivity contribution in [3.63, 3.8) is 0 Å². The molecule has 0 heteroatoms. The topological polar surface area (TPSA) is 0 Å². The molecule has 0 aromatic heterocycles. The highest BCUT2D eigenvalue weighted by Crippen LogP contribution is 2.57. The van der Waals surface area contributed by atoms with Gasteiger partial charge in [0.1, 0.15) is 0 Å². The van der Waals surface area contributed by atoms with Crippen LogP contribution >= 0.6 is 0 Å². The van der Waals surface area contributed by atoms with Gasteiger partial charge in [0.2, 0.25) is 0 Å². The van der Waals surface area contributed by atoms with Crippen molar-refractivity contribution in [2.75, 3.05) is 0 Å². The SMILES string of the molecule is CC(C)c1ccc2c(c1)C(c1ccccc1)(c1ccccc1)c1cc(-c3ccccc3)ccc1-2. The summed E-state index contributed by atoms with van der Waals surface area (Å²) in [6, 6.07) is 47.0. The molecule has 5 aromatic carbocycles. The van der Waals surface area contributed by atoms with Crippen LogP contribution in [0.2, 0.25) is 0 Å². The van der Waals surface area contributed by atoms with Crippen molar-refractivity contribution in [2.45, 2.75) is 25.2 Å². The maximum Gasteiger partial charge on any atom is 0.0713 e. The van der Waals surface area contributed by atoms with Gasteiger partial charge >= 0.3 is 0 Å².